The zero-order valence-corrected chi connectivity index (χ0v) is 8.91. The van der Waals surface area contributed by atoms with E-state index in [-0.39, 0.29) is 6.61 Å². The van der Waals surface area contributed by atoms with E-state index < -0.39 is 5.97 Å². The van der Waals surface area contributed by atoms with Crippen molar-refractivity contribution in [2.75, 3.05) is 6.61 Å². The fourth-order valence-corrected chi connectivity index (χ4v) is 1.57. The molecule has 0 radical (unpaired) electrons. The lowest BCUT2D eigenvalue weighted by Gasteiger charge is -2.02. The molecule has 0 fully saturated rings. The van der Waals surface area contributed by atoms with E-state index in [4.69, 9.17) is 22.8 Å². The molecule has 2 rings (SSSR count). The smallest absolute Gasteiger partial charge is 0.341 e. The molecule has 0 aliphatic heterocycles. The van der Waals surface area contributed by atoms with Gasteiger partial charge in [0.1, 0.15) is 5.52 Å². The molecule has 1 aromatic heterocycles. The van der Waals surface area contributed by atoms with Gasteiger partial charge in [0.2, 0.25) is 0 Å². The summed E-state index contributed by atoms with van der Waals surface area (Å²) >= 11 is 5.86. The molecule has 2 aromatic rings. The summed E-state index contributed by atoms with van der Waals surface area (Å²) in [5, 5.41) is 0.435. The number of fused-ring (bicyclic) bond motifs is 1. The van der Waals surface area contributed by atoms with Gasteiger partial charge in [-0.1, -0.05) is 17.5 Å². The fraction of sp³-hybridized carbons (Fsp3) is 0.0909. The number of benzene rings is 1. The van der Waals surface area contributed by atoms with Crippen LogP contribution in [0.25, 0.3) is 11.0 Å². The van der Waals surface area contributed by atoms with E-state index in [2.05, 4.69) is 15.9 Å². The Labute approximate surface area is 96.6 Å². The summed E-state index contributed by atoms with van der Waals surface area (Å²) in [6.07, 6.45) is 6.49. The number of H-pyrrole nitrogens is 1. The first-order valence-corrected chi connectivity index (χ1v) is 4.83. The monoisotopic (exact) mass is 234 g/mol. The van der Waals surface area contributed by atoms with Gasteiger partial charge in [0, 0.05) is 5.02 Å². The van der Waals surface area contributed by atoms with E-state index in [9.17, 15) is 4.79 Å². The molecule has 0 aliphatic rings. The highest BCUT2D eigenvalue weighted by molar-refractivity contribution is 6.31. The molecule has 80 valence electrons. The summed E-state index contributed by atoms with van der Waals surface area (Å²) in [5.41, 5.74) is 1.51. The van der Waals surface area contributed by atoms with Crippen molar-refractivity contribution in [1.29, 1.82) is 0 Å². The minimum absolute atomic E-state index is 0.0722. The number of rotatable bonds is 2. The summed E-state index contributed by atoms with van der Waals surface area (Å²) < 4.78 is 4.82. The van der Waals surface area contributed by atoms with E-state index in [0.29, 0.717) is 21.6 Å². The van der Waals surface area contributed by atoms with Gasteiger partial charge >= 0.3 is 5.97 Å². The Balaban J connectivity index is 2.47. The maximum Gasteiger partial charge on any atom is 0.341 e. The number of nitrogens with one attached hydrogen (secondary N) is 1. The largest absolute Gasteiger partial charge is 0.449 e. The van der Waals surface area contributed by atoms with E-state index in [1.54, 1.807) is 6.07 Å². The van der Waals surface area contributed by atoms with Crippen molar-refractivity contribution < 1.29 is 9.53 Å². The third-order valence-electron chi connectivity index (χ3n) is 1.99. The number of terminal acetylenes is 1. The highest BCUT2D eigenvalue weighted by Crippen LogP contribution is 2.21. The van der Waals surface area contributed by atoms with Crippen molar-refractivity contribution in [3.8, 4) is 12.3 Å². The number of carbonyl (C=O) groups excluding carboxylic acids is 1. The van der Waals surface area contributed by atoms with E-state index in [1.807, 2.05) is 0 Å². The second kappa shape index (κ2) is 4.25. The van der Waals surface area contributed by atoms with Crippen LogP contribution in [0.5, 0.6) is 0 Å². The van der Waals surface area contributed by atoms with Crippen molar-refractivity contribution in [2.24, 2.45) is 0 Å². The molecule has 0 unspecified atom stereocenters. The van der Waals surface area contributed by atoms with Crippen molar-refractivity contribution in [3.63, 3.8) is 0 Å². The van der Waals surface area contributed by atoms with Crippen molar-refractivity contribution in [1.82, 2.24) is 9.97 Å². The van der Waals surface area contributed by atoms with Crippen LogP contribution in [0.2, 0.25) is 5.02 Å². The number of nitrogens with zero attached hydrogens (tertiary/aromatic N) is 1. The van der Waals surface area contributed by atoms with E-state index in [1.165, 1.54) is 12.4 Å². The Bertz CT molecular complexity index is 583. The van der Waals surface area contributed by atoms with Gasteiger partial charge in [0.05, 0.1) is 17.4 Å². The standard InChI is InChI=1S/C11H7ClN2O2/c1-2-3-16-11(15)8-4-7(12)5-9-10(8)14-6-13-9/h1,4-6H,3H2,(H,13,14). The highest BCUT2D eigenvalue weighted by Gasteiger charge is 2.14. The van der Waals surface area contributed by atoms with Crippen LogP contribution < -0.4 is 0 Å². The SMILES string of the molecule is C#CCOC(=O)c1cc(Cl)cc2[nH]cnc12. The predicted octanol–water partition coefficient (Wildman–Crippen LogP) is 2.01. The van der Waals surface area contributed by atoms with E-state index in [0.717, 1.165) is 0 Å². The zero-order chi connectivity index (χ0) is 11.5. The molecule has 1 heterocycles. The quantitative estimate of drug-likeness (QED) is 0.639. The van der Waals surface area contributed by atoms with Gasteiger partial charge in [0.15, 0.2) is 6.61 Å². The Morgan fingerprint density at radius 2 is 2.44 bits per heavy atom. The summed E-state index contributed by atoms with van der Waals surface area (Å²) in [5.74, 6) is 1.69. The fourth-order valence-electron chi connectivity index (χ4n) is 1.36. The third-order valence-corrected chi connectivity index (χ3v) is 2.21. The first kappa shape index (κ1) is 10.5. The number of aromatic nitrogens is 2. The lowest BCUT2D eigenvalue weighted by atomic mass is 10.2. The minimum Gasteiger partial charge on any atom is -0.449 e. The average molecular weight is 235 g/mol. The first-order valence-electron chi connectivity index (χ1n) is 4.45. The molecule has 0 spiro atoms. The van der Waals surface area contributed by atoms with Crippen molar-refractivity contribution in [3.05, 3.63) is 29.0 Å². The van der Waals surface area contributed by atoms with Gasteiger partial charge in [-0.15, -0.1) is 6.42 Å². The molecule has 16 heavy (non-hydrogen) atoms. The first-order chi connectivity index (χ1) is 7.72. The van der Waals surface area contributed by atoms with E-state index >= 15 is 0 Å². The zero-order valence-electron chi connectivity index (χ0n) is 8.16. The lowest BCUT2D eigenvalue weighted by Crippen LogP contribution is -2.06. The molecule has 0 saturated heterocycles. The van der Waals surface area contributed by atoms with Crippen molar-refractivity contribution >= 4 is 28.6 Å². The molecule has 0 saturated carbocycles. The molecule has 0 atom stereocenters. The van der Waals surface area contributed by atoms with Crippen LogP contribution in [0.1, 0.15) is 10.4 Å². The van der Waals surface area contributed by atoms with Crippen LogP contribution in [0.4, 0.5) is 0 Å². The van der Waals surface area contributed by atoms with Gasteiger partial charge in [0.25, 0.3) is 0 Å². The predicted molar refractivity (Wildman–Crippen MR) is 60.2 cm³/mol. The second-order valence-corrected chi connectivity index (χ2v) is 3.47. The molecule has 1 N–H and O–H groups in total. The van der Waals surface area contributed by atoms with Gasteiger partial charge in [-0.05, 0) is 12.1 Å². The number of ether oxygens (including phenoxy) is 1. The molecular weight excluding hydrogens is 228 g/mol. The summed E-state index contributed by atoms with van der Waals surface area (Å²) in [4.78, 5) is 18.5. The molecule has 0 amide bonds. The maximum absolute atomic E-state index is 11.6. The van der Waals surface area contributed by atoms with Gasteiger partial charge in [-0.2, -0.15) is 0 Å². The van der Waals surface area contributed by atoms with Crippen LogP contribution in [-0.2, 0) is 4.74 Å². The van der Waals surface area contributed by atoms with Gasteiger partial charge in [-0.25, -0.2) is 9.78 Å². The molecule has 1 aromatic carbocycles. The minimum atomic E-state index is -0.530. The molecular formula is C11H7ClN2O2. The highest BCUT2D eigenvalue weighted by atomic mass is 35.5. The molecule has 4 nitrogen and oxygen atoms in total. The van der Waals surface area contributed by atoms with Crippen LogP contribution in [0.3, 0.4) is 0 Å². The Morgan fingerprint density at radius 3 is 3.19 bits per heavy atom. The van der Waals surface area contributed by atoms with Crippen LogP contribution in [0, 0.1) is 12.3 Å². The number of carbonyl (C=O) groups is 1. The summed E-state index contributed by atoms with van der Waals surface area (Å²) in [6.45, 7) is -0.0722. The van der Waals surface area contributed by atoms with Gasteiger partial charge < -0.3 is 9.72 Å². The van der Waals surface area contributed by atoms with Crippen molar-refractivity contribution in [2.45, 2.75) is 0 Å². The Kier molecular flexibility index (Phi) is 2.80. The normalized spacial score (nSPS) is 10.0. The Morgan fingerprint density at radius 1 is 1.62 bits per heavy atom. The third kappa shape index (κ3) is 1.86. The molecule has 0 bridgehead atoms. The maximum atomic E-state index is 11.6. The molecule has 0 aliphatic carbocycles. The Hall–Kier alpha value is -1.99. The number of aromatic amines is 1. The number of imidazole rings is 1. The second-order valence-electron chi connectivity index (χ2n) is 3.03. The molecule has 5 heteroatoms. The van der Waals surface area contributed by atoms with Gasteiger partial charge in [-0.3, -0.25) is 0 Å². The average Bonchev–Trinajstić information content (AvgIpc) is 2.72. The number of esters is 1. The number of hydrogen-bond donors (Lipinski definition) is 1. The van der Waals surface area contributed by atoms with Crippen LogP contribution in [0.15, 0.2) is 18.5 Å². The summed E-state index contributed by atoms with van der Waals surface area (Å²) in [7, 11) is 0. The topological polar surface area (TPSA) is 55.0 Å². The van der Waals surface area contributed by atoms with Crippen LogP contribution >= 0.6 is 11.6 Å². The lowest BCUT2D eigenvalue weighted by molar-refractivity contribution is 0.0559. The number of halogens is 1. The number of hydrogen-bond acceptors (Lipinski definition) is 3. The van der Waals surface area contributed by atoms with Crippen LogP contribution in [-0.4, -0.2) is 22.5 Å². The summed E-state index contributed by atoms with van der Waals surface area (Å²) in [6, 6.07) is 3.19.